The molecule has 1 aliphatic heterocycles. The summed E-state index contributed by atoms with van der Waals surface area (Å²) in [6, 6.07) is 3.53. The van der Waals surface area contributed by atoms with E-state index in [4.69, 9.17) is 41.9 Å². The minimum absolute atomic E-state index is 0.223. The summed E-state index contributed by atoms with van der Waals surface area (Å²) in [5, 5.41) is 22.9. The number of aliphatic carboxylic acids is 2. The van der Waals surface area contributed by atoms with E-state index < -0.39 is 24.3 Å². The number of aromatic nitrogens is 3. The van der Waals surface area contributed by atoms with Crippen LogP contribution in [0.2, 0.25) is 5.02 Å². The Morgan fingerprint density at radius 3 is 2.00 bits per heavy atom. The zero-order valence-corrected chi connectivity index (χ0v) is 20.3. The molecule has 214 valence electrons. The largest absolute Gasteiger partial charge is 0.494 e. The number of carboxylic acid groups (broad SMARTS) is 2. The van der Waals surface area contributed by atoms with E-state index >= 15 is 0 Å². The third-order valence-electron chi connectivity index (χ3n) is 4.94. The Bertz CT molecular complexity index is 1050. The van der Waals surface area contributed by atoms with Crippen molar-refractivity contribution in [2.75, 3.05) is 20.2 Å². The number of hydrogen-bond donors (Lipinski definition) is 3. The predicted octanol–water partition coefficient (Wildman–Crippen LogP) is 3.64. The molecular weight excluding hydrogens is 559 g/mol. The summed E-state index contributed by atoms with van der Waals surface area (Å²) in [7, 11) is 1.45. The van der Waals surface area contributed by atoms with E-state index in [0.29, 0.717) is 29.7 Å². The first kappa shape index (κ1) is 32.8. The van der Waals surface area contributed by atoms with Crippen molar-refractivity contribution >= 4 is 23.5 Å². The third kappa shape index (κ3) is 10.3. The number of nitrogens with two attached hydrogens (primary N) is 1. The molecule has 3 rings (SSSR count). The summed E-state index contributed by atoms with van der Waals surface area (Å²) in [5.74, 6) is -5.67. The summed E-state index contributed by atoms with van der Waals surface area (Å²) in [6.45, 7) is 2.55. The number of nitrogens with zero attached hydrogens (tertiary/aromatic N) is 4. The van der Waals surface area contributed by atoms with Gasteiger partial charge in [0.05, 0.1) is 25.0 Å². The highest BCUT2D eigenvalue weighted by Crippen LogP contribution is 2.30. The first-order chi connectivity index (χ1) is 17.5. The van der Waals surface area contributed by atoms with E-state index in [-0.39, 0.29) is 11.6 Å². The minimum atomic E-state index is -5.08. The lowest BCUT2D eigenvalue weighted by molar-refractivity contribution is -0.193. The molecule has 1 fully saturated rings. The molecule has 0 atom stereocenters. The number of ether oxygens (including phenoxy) is 1. The highest BCUT2D eigenvalue weighted by atomic mass is 35.5. The van der Waals surface area contributed by atoms with E-state index in [1.165, 1.54) is 7.11 Å². The van der Waals surface area contributed by atoms with Crippen molar-refractivity contribution in [3.63, 3.8) is 0 Å². The number of carboxylic acids is 2. The normalized spacial score (nSPS) is 14.6. The van der Waals surface area contributed by atoms with Crippen molar-refractivity contribution < 1.29 is 55.3 Å². The monoisotopic (exact) mass is 581 g/mol. The molecule has 0 unspecified atom stereocenters. The molecule has 0 saturated carbocycles. The molecule has 2 aromatic rings. The Morgan fingerprint density at radius 1 is 1.11 bits per heavy atom. The van der Waals surface area contributed by atoms with Gasteiger partial charge < -0.3 is 20.7 Å². The van der Waals surface area contributed by atoms with Gasteiger partial charge >= 0.3 is 24.3 Å². The molecule has 2 heterocycles. The van der Waals surface area contributed by atoms with Gasteiger partial charge in [-0.2, -0.15) is 26.3 Å². The summed E-state index contributed by atoms with van der Waals surface area (Å²) in [4.78, 5) is 20.0. The second-order valence-corrected chi connectivity index (χ2v) is 7.96. The lowest BCUT2D eigenvalue weighted by Gasteiger charge is -2.32. The fourth-order valence-corrected chi connectivity index (χ4v) is 3.24. The highest BCUT2D eigenvalue weighted by Gasteiger charge is 2.38. The maximum absolute atomic E-state index is 14.4. The number of methoxy groups -OCH3 is 1. The van der Waals surface area contributed by atoms with E-state index in [9.17, 15) is 30.7 Å². The fraction of sp³-hybridized carbons (Fsp3) is 0.500. The third-order valence-corrected chi connectivity index (χ3v) is 5.29. The van der Waals surface area contributed by atoms with Gasteiger partial charge in [0.15, 0.2) is 11.6 Å². The lowest BCUT2D eigenvalue weighted by atomic mass is 10.0. The fourth-order valence-electron chi connectivity index (χ4n) is 3.03. The molecule has 1 saturated heterocycles. The topological polar surface area (TPSA) is 144 Å². The molecule has 0 radical (unpaired) electrons. The summed E-state index contributed by atoms with van der Waals surface area (Å²) in [5.41, 5.74) is 6.85. The molecular formula is C20H23ClF7N5O5. The number of alkyl halides is 6. The maximum Gasteiger partial charge on any atom is 0.490 e. The van der Waals surface area contributed by atoms with Crippen molar-refractivity contribution in [2.24, 2.45) is 5.73 Å². The minimum Gasteiger partial charge on any atom is -0.494 e. The number of piperidine rings is 1. The molecule has 1 aliphatic rings. The van der Waals surface area contributed by atoms with Gasteiger partial charge in [0, 0.05) is 36.8 Å². The quantitative estimate of drug-likeness (QED) is 0.451. The van der Waals surface area contributed by atoms with Crippen molar-refractivity contribution in [3.8, 4) is 5.75 Å². The molecule has 0 bridgehead atoms. The smallest absolute Gasteiger partial charge is 0.490 e. The van der Waals surface area contributed by atoms with Gasteiger partial charge in [0.1, 0.15) is 0 Å². The Kier molecular flexibility index (Phi) is 12.2. The second kappa shape index (κ2) is 14.1. The summed E-state index contributed by atoms with van der Waals surface area (Å²) < 4.78 is 84.8. The molecule has 18 heteroatoms. The molecule has 1 aromatic carbocycles. The van der Waals surface area contributed by atoms with Gasteiger partial charge in [-0.15, -0.1) is 5.10 Å². The van der Waals surface area contributed by atoms with Crippen LogP contribution in [0, 0.1) is 5.82 Å². The second-order valence-electron chi connectivity index (χ2n) is 7.55. The summed E-state index contributed by atoms with van der Waals surface area (Å²) in [6.07, 6.45) is -6.41. The van der Waals surface area contributed by atoms with Crippen LogP contribution in [-0.4, -0.2) is 74.6 Å². The number of hydrogen-bond acceptors (Lipinski definition) is 7. The first-order valence-electron chi connectivity index (χ1n) is 10.4. The van der Waals surface area contributed by atoms with Gasteiger partial charge in [-0.25, -0.2) is 18.7 Å². The molecule has 0 spiro atoms. The van der Waals surface area contributed by atoms with Crippen LogP contribution in [0.5, 0.6) is 5.75 Å². The van der Waals surface area contributed by atoms with E-state index in [1.54, 1.807) is 12.1 Å². The van der Waals surface area contributed by atoms with Crippen LogP contribution in [0.3, 0.4) is 0 Å². The zero-order chi connectivity index (χ0) is 29.3. The van der Waals surface area contributed by atoms with Crippen LogP contribution in [0.25, 0.3) is 0 Å². The summed E-state index contributed by atoms with van der Waals surface area (Å²) >= 11 is 6.16. The first-order valence-corrected chi connectivity index (χ1v) is 10.8. The van der Waals surface area contributed by atoms with Crippen molar-refractivity contribution in [3.05, 3.63) is 40.4 Å². The van der Waals surface area contributed by atoms with Crippen LogP contribution < -0.4 is 10.5 Å². The molecule has 1 aromatic heterocycles. The van der Waals surface area contributed by atoms with Gasteiger partial charge in [-0.3, -0.25) is 4.90 Å². The maximum atomic E-state index is 14.4. The molecule has 38 heavy (non-hydrogen) atoms. The van der Waals surface area contributed by atoms with Crippen LogP contribution >= 0.6 is 11.6 Å². The van der Waals surface area contributed by atoms with Crippen molar-refractivity contribution in [1.82, 2.24) is 19.9 Å². The Labute approximate surface area is 215 Å². The van der Waals surface area contributed by atoms with Crippen LogP contribution in [-0.2, 0) is 22.7 Å². The standard InChI is InChI=1S/C16H21ClFN5O.2C2HF3O2/c1-24-15-3-2-14(17)13(16(15)18)10-22-6-4-12(5-7-22)23-9-11(8-19)20-21-23;2*3-2(4,5)1(6)7/h2-3,9,12H,4-8,10,19H2,1H3;2*(H,6,7). The van der Waals surface area contributed by atoms with Gasteiger partial charge in [0.25, 0.3) is 0 Å². The molecule has 0 aliphatic carbocycles. The predicted molar refractivity (Wildman–Crippen MR) is 117 cm³/mol. The highest BCUT2D eigenvalue weighted by molar-refractivity contribution is 6.31. The zero-order valence-electron chi connectivity index (χ0n) is 19.6. The van der Waals surface area contributed by atoms with Crippen LogP contribution in [0.1, 0.15) is 30.1 Å². The Hall–Kier alpha value is -3.18. The van der Waals surface area contributed by atoms with E-state index in [1.807, 2.05) is 10.9 Å². The molecule has 0 amide bonds. The van der Waals surface area contributed by atoms with Crippen molar-refractivity contribution in [2.45, 2.75) is 44.3 Å². The average Bonchev–Trinajstić information content (AvgIpc) is 3.31. The number of rotatable bonds is 5. The Morgan fingerprint density at radius 2 is 1.61 bits per heavy atom. The van der Waals surface area contributed by atoms with E-state index in [2.05, 4.69) is 15.2 Å². The van der Waals surface area contributed by atoms with Gasteiger partial charge in [0.2, 0.25) is 0 Å². The van der Waals surface area contributed by atoms with Crippen LogP contribution in [0.15, 0.2) is 18.3 Å². The lowest BCUT2D eigenvalue weighted by Crippen LogP contribution is -2.34. The van der Waals surface area contributed by atoms with Crippen molar-refractivity contribution in [1.29, 1.82) is 0 Å². The average molecular weight is 582 g/mol. The molecule has 10 nitrogen and oxygen atoms in total. The number of carbonyl (C=O) groups is 2. The van der Waals surface area contributed by atoms with Crippen LogP contribution in [0.4, 0.5) is 30.7 Å². The Balaban J connectivity index is 0.000000426. The number of benzene rings is 1. The molecule has 4 N–H and O–H groups in total. The SMILES string of the molecule is COc1ccc(Cl)c(CN2CCC(n3cc(CN)nn3)CC2)c1F.O=C(O)C(F)(F)F.O=C(O)C(F)(F)F. The van der Waals surface area contributed by atoms with Gasteiger partial charge in [-0.1, -0.05) is 16.8 Å². The number of likely N-dealkylation sites (tertiary alicyclic amines) is 1. The van der Waals surface area contributed by atoms with E-state index in [0.717, 1.165) is 31.6 Å². The van der Waals surface area contributed by atoms with Gasteiger partial charge in [-0.05, 0) is 25.0 Å². The number of halogens is 8.